The van der Waals surface area contributed by atoms with E-state index >= 15 is 0 Å². The highest BCUT2D eigenvalue weighted by Gasteiger charge is 2.33. The van der Waals surface area contributed by atoms with Crippen molar-refractivity contribution in [1.29, 1.82) is 0 Å². The van der Waals surface area contributed by atoms with Crippen molar-refractivity contribution in [2.45, 2.75) is 25.9 Å². The second-order valence-corrected chi connectivity index (χ2v) is 10.6. The Bertz CT molecular complexity index is 1370. The molecule has 38 heavy (non-hydrogen) atoms. The number of nitro benzene ring substituents is 1. The van der Waals surface area contributed by atoms with E-state index in [0.717, 1.165) is 27.8 Å². The van der Waals surface area contributed by atoms with Crippen LogP contribution >= 0.6 is 0 Å². The van der Waals surface area contributed by atoms with Gasteiger partial charge in [-0.15, -0.1) is 0 Å². The number of likely N-dealkylation sites (N-methyl/N-ethyl adjacent to an activating group) is 1. The molecule has 0 saturated heterocycles. The number of nitrogens with zero attached hydrogens (tertiary/aromatic N) is 3. The van der Waals surface area contributed by atoms with E-state index in [4.69, 9.17) is 0 Å². The smallest absolute Gasteiger partial charge is 0.271 e. The number of carbonyl (C=O) groups excluding carboxylic acids is 2. The van der Waals surface area contributed by atoms with Crippen molar-refractivity contribution in [1.82, 2.24) is 10.2 Å². The summed E-state index contributed by atoms with van der Waals surface area (Å²) in [6.07, 6.45) is 1.13. The van der Waals surface area contributed by atoms with E-state index in [1.54, 1.807) is 6.92 Å². The van der Waals surface area contributed by atoms with E-state index < -0.39 is 33.4 Å². The lowest BCUT2D eigenvalue weighted by Gasteiger charge is -2.33. The first-order valence-corrected chi connectivity index (χ1v) is 13.8. The fourth-order valence-electron chi connectivity index (χ4n) is 4.00. The van der Waals surface area contributed by atoms with Gasteiger partial charge < -0.3 is 10.2 Å². The molecule has 200 valence electrons. The number of hydrogen-bond acceptors (Lipinski definition) is 6. The Morgan fingerprint density at radius 2 is 1.55 bits per heavy atom. The number of amides is 2. The third kappa shape index (κ3) is 7.62. The molecule has 10 nitrogen and oxygen atoms in total. The number of anilines is 1. The summed E-state index contributed by atoms with van der Waals surface area (Å²) in [7, 11) is -4.01. The van der Waals surface area contributed by atoms with E-state index in [0.29, 0.717) is 6.54 Å². The maximum absolute atomic E-state index is 13.8. The lowest BCUT2D eigenvalue weighted by Crippen LogP contribution is -2.53. The van der Waals surface area contributed by atoms with E-state index in [1.807, 2.05) is 60.7 Å². The van der Waals surface area contributed by atoms with Crippen LogP contribution in [0, 0.1) is 10.1 Å². The lowest BCUT2D eigenvalue weighted by atomic mass is 10.0. The molecule has 3 aromatic carbocycles. The summed E-state index contributed by atoms with van der Waals surface area (Å²) in [5.74, 6) is -1.00. The minimum absolute atomic E-state index is 0.0210. The Kier molecular flexibility index (Phi) is 9.55. The molecule has 0 unspecified atom stereocenters. The van der Waals surface area contributed by atoms with Crippen LogP contribution in [0.1, 0.15) is 18.1 Å². The minimum Gasteiger partial charge on any atom is -0.355 e. The van der Waals surface area contributed by atoms with Crippen molar-refractivity contribution in [3.05, 3.63) is 106 Å². The summed E-state index contributed by atoms with van der Waals surface area (Å²) in [4.78, 5) is 39.1. The first-order valence-electron chi connectivity index (χ1n) is 12.0. The largest absolute Gasteiger partial charge is 0.355 e. The molecule has 11 heteroatoms. The molecular formula is C27H30N4O6S. The zero-order chi connectivity index (χ0) is 27.7. The Balaban J connectivity index is 2.03. The van der Waals surface area contributed by atoms with Crippen LogP contribution < -0.4 is 9.62 Å². The molecule has 2 amide bonds. The zero-order valence-electron chi connectivity index (χ0n) is 21.2. The van der Waals surface area contributed by atoms with E-state index in [1.165, 1.54) is 23.1 Å². The average Bonchev–Trinajstić information content (AvgIpc) is 2.89. The predicted molar refractivity (Wildman–Crippen MR) is 145 cm³/mol. The van der Waals surface area contributed by atoms with Crippen LogP contribution in [0.15, 0.2) is 84.9 Å². The van der Waals surface area contributed by atoms with Crippen LogP contribution in [-0.4, -0.2) is 55.4 Å². The second kappa shape index (κ2) is 12.8. The minimum atomic E-state index is -4.01. The van der Waals surface area contributed by atoms with Gasteiger partial charge >= 0.3 is 0 Å². The molecule has 0 saturated carbocycles. The topological polar surface area (TPSA) is 130 Å². The van der Waals surface area contributed by atoms with Gasteiger partial charge in [0.1, 0.15) is 12.6 Å². The fraction of sp³-hybridized carbons (Fsp3) is 0.259. The van der Waals surface area contributed by atoms with Crippen molar-refractivity contribution in [3.63, 3.8) is 0 Å². The van der Waals surface area contributed by atoms with E-state index in [9.17, 15) is 28.1 Å². The monoisotopic (exact) mass is 538 g/mol. The lowest BCUT2D eigenvalue weighted by molar-refractivity contribution is -0.384. The van der Waals surface area contributed by atoms with Crippen LogP contribution in [0.25, 0.3) is 0 Å². The summed E-state index contributed by atoms with van der Waals surface area (Å²) in [6, 6.07) is 22.4. The molecule has 3 rings (SSSR count). The molecule has 0 aliphatic carbocycles. The first kappa shape index (κ1) is 28.3. The second-order valence-electron chi connectivity index (χ2n) is 8.65. The quantitative estimate of drug-likeness (QED) is 0.279. The predicted octanol–water partition coefficient (Wildman–Crippen LogP) is 3.14. The number of nitro groups is 1. The van der Waals surface area contributed by atoms with Crippen LogP contribution in [-0.2, 0) is 32.6 Å². The number of sulfonamides is 1. The highest BCUT2D eigenvalue weighted by Crippen LogP contribution is 2.24. The average molecular weight is 539 g/mol. The number of non-ortho nitro benzene ring substituents is 1. The van der Waals surface area contributed by atoms with Crippen LogP contribution in [0.2, 0.25) is 0 Å². The summed E-state index contributed by atoms with van der Waals surface area (Å²) in [5.41, 5.74) is 1.25. The highest BCUT2D eigenvalue weighted by atomic mass is 32.2. The maximum Gasteiger partial charge on any atom is 0.271 e. The molecule has 0 radical (unpaired) electrons. The van der Waals surface area contributed by atoms with Gasteiger partial charge in [-0.3, -0.25) is 24.0 Å². The number of benzene rings is 3. The van der Waals surface area contributed by atoms with Gasteiger partial charge in [-0.25, -0.2) is 8.42 Å². The van der Waals surface area contributed by atoms with Crippen molar-refractivity contribution in [3.8, 4) is 0 Å². The molecule has 1 atom stereocenters. The van der Waals surface area contributed by atoms with Crippen molar-refractivity contribution < 1.29 is 22.9 Å². The van der Waals surface area contributed by atoms with Gasteiger partial charge in [-0.05, 0) is 24.1 Å². The van der Waals surface area contributed by atoms with Crippen molar-refractivity contribution in [2.24, 2.45) is 0 Å². The molecule has 0 aromatic heterocycles. The summed E-state index contributed by atoms with van der Waals surface area (Å²) < 4.78 is 26.3. The third-order valence-electron chi connectivity index (χ3n) is 5.83. The van der Waals surface area contributed by atoms with Gasteiger partial charge in [0.05, 0.1) is 16.9 Å². The number of nitrogens with one attached hydrogen (secondary N) is 1. The molecule has 0 aliphatic rings. The summed E-state index contributed by atoms with van der Waals surface area (Å²) in [5, 5.41) is 14.1. The van der Waals surface area contributed by atoms with Crippen LogP contribution in [0.4, 0.5) is 11.4 Å². The Morgan fingerprint density at radius 3 is 2.11 bits per heavy atom. The number of rotatable bonds is 12. The van der Waals surface area contributed by atoms with Gasteiger partial charge in [0, 0.05) is 31.6 Å². The number of hydrogen-bond donors (Lipinski definition) is 1. The number of carbonyl (C=O) groups is 2. The fourth-order valence-corrected chi connectivity index (χ4v) is 4.84. The molecule has 0 fully saturated rings. The molecule has 1 N–H and O–H groups in total. The van der Waals surface area contributed by atoms with Gasteiger partial charge in [0.25, 0.3) is 5.69 Å². The molecule has 0 spiro atoms. The van der Waals surface area contributed by atoms with E-state index in [2.05, 4.69) is 5.32 Å². The van der Waals surface area contributed by atoms with Crippen molar-refractivity contribution in [2.75, 3.05) is 23.7 Å². The van der Waals surface area contributed by atoms with Crippen LogP contribution in [0.3, 0.4) is 0 Å². The normalized spacial score (nSPS) is 11.8. The Labute approximate surface area is 222 Å². The van der Waals surface area contributed by atoms with Crippen molar-refractivity contribution >= 4 is 33.2 Å². The molecule has 0 heterocycles. The summed E-state index contributed by atoms with van der Waals surface area (Å²) >= 11 is 0. The highest BCUT2D eigenvalue weighted by molar-refractivity contribution is 7.92. The Hall–Kier alpha value is -4.25. The van der Waals surface area contributed by atoms with Gasteiger partial charge in [-0.2, -0.15) is 0 Å². The molecule has 0 bridgehead atoms. The van der Waals surface area contributed by atoms with Gasteiger partial charge in [-0.1, -0.05) is 66.7 Å². The van der Waals surface area contributed by atoms with Gasteiger partial charge in [0.2, 0.25) is 21.8 Å². The third-order valence-corrected chi connectivity index (χ3v) is 6.97. The van der Waals surface area contributed by atoms with Crippen LogP contribution in [0.5, 0.6) is 0 Å². The molecular weight excluding hydrogens is 508 g/mol. The first-order chi connectivity index (χ1) is 18.1. The Morgan fingerprint density at radius 1 is 0.947 bits per heavy atom. The SMILES string of the molecule is CCNC(=O)[C@H](Cc1ccccc1)N(Cc1ccccc1)C(=O)CN(c1cccc([N+](=O)[O-])c1)S(C)(=O)=O. The van der Waals surface area contributed by atoms with E-state index in [-0.39, 0.29) is 30.2 Å². The van der Waals surface area contributed by atoms with Gasteiger partial charge in [0.15, 0.2) is 0 Å². The summed E-state index contributed by atoms with van der Waals surface area (Å²) in [6.45, 7) is 1.54. The standard InChI is InChI=1S/C27H30N4O6S/c1-3-28-27(33)25(17-21-11-6-4-7-12-21)29(19-22-13-8-5-9-14-22)26(32)20-30(38(2,36)37)23-15-10-16-24(18-23)31(34)35/h4-16,18,25H,3,17,19-20H2,1-2H3,(H,28,33)/t25-/m0/s1. The molecule has 0 aliphatic heterocycles. The maximum atomic E-state index is 13.8. The molecule has 3 aromatic rings. The zero-order valence-corrected chi connectivity index (χ0v) is 22.0.